The molecule has 2 aliphatic rings. The van der Waals surface area contributed by atoms with Crippen molar-refractivity contribution < 1.29 is 4.74 Å². The highest BCUT2D eigenvalue weighted by molar-refractivity contribution is 5.07. The lowest BCUT2D eigenvalue weighted by molar-refractivity contribution is -0.122. The van der Waals surface area contributed by atoms with Gasteiger partial charge in [0.15, 0.2) is 0 Å². The molecule has 2 rings (SSSR count). The highest BCUT2D eigenvalue weighted by atomic mass is 16.5. The van der Waals surface area contributed by atoms with Gasteiger partial charge in [-0.25, -0.2) is 0 Å². The maximum absolute atomic E-state index is 6.22. The quantitative estimate of drug-likeness (QED) is 0.821. The molecule has 2 N–H and O–H groups in total. The number of hydrogen-bond donors (Lipinski definition) is 1. The highest BCUT2D eigenvalue weighted by Crippen LogP contribution is 2.50. The topological polar surface area (TPSA) is 38.5 Å². The Hall–Kier alpha value is -0.120. The molecule has 18 heavy (non-hydrogen) atoms. The van der Waals surface area contributed by atoms with E-state index < -0.39 is 0 Å². The molecule has 2 unspecified atom stereocenters. The van der Waals surface area contributed by atoms with E-state index in [2.05, 4.69) is 39.5 Å². The van der Waals surface area contributed by atoms with Gasteiger partial charge in [0.2, 0.25) is 0 Å². The minimum absolute atomic E-state index is 0.0348. The van der Waals surface area contributed by atoms with E-state index in [0.717, 1.165) is 26.2 Å². The largest absolute Gasteiger partial charge is 0.373 e. The summed E-state index contributed by atoms with van der Waals surface area (Å²) in [5, 5.41) is 0. The lowest BCUT2D eigenvalue weighted by Crippen LogP contribution is -2.62. The van der Waals surface area contributed by atoms with Crippen LogP contribution in [0.4, 0.5) is 0 Å². The second-order valence-corrected chi connectivity index (χ2v) is 7.78. The summed E-state index contributed by atoms with van der Waals surface area (Å²) in [6.45, 7) is 15.2. The van der Waals surface area contributed by atoms with E-state index >= 15 is 0 Å². The molecule has 0 aromatic rings. The van der Waals surface area contributed by atoms with Crippen molar-refractivity contribution in [3.05, 3.63) is 0 Å². The zero-order chi connectivity index (χ0) is 13.6. The van der Waals surface area contributed by atoms with Gasteiger partial charge in [-0.15, -0.1) is 0 Å². The van der Waals surface area contributed by atoms with E-state index in [1.54, 1.807) is 0 Å². The van der Waals surface area contributed by atoms with Crippen molar-refractivity contribution in [2.24, 2.45) is 17.1 Å². The van der Waals surface area contributed by atoms with Crippen LogP contribution in [0.1, 0.15) is 47.5 Å². The highest BCUT2D eigenvalue weighted by Gasteiger charge is 2.52. The molecule has 2 fully saturated rings. The Labute approximate surface area is 112 Å². The van der Waals surface area contributed by atoms with Crippen molar-refractivity contribution in [2.45, 2.75) is 58.6 Å². The lowest BCUT2D eigenvalue weighted by Gasteiger charge is -2.50. The van der Waals surface area contributed by atoms with Gasteiger partial charge in [0.1, 0.15) is 0 Å². The van der Waals surface area contributed by atoms with E-state index in [1.807, 2.05) is 0 Å². The molecule has 0 radical (unpaired) electrons. The van der Waals surface area contributed by atoms with Gasteiger partial charge in [-0.1, -0.05) is 20.8 Å². The van der Waals surface area contributed by atoms with E-state index in [9.17, 15) is 0 Å². The third-order valence-corrected chi connectivity index (χ3v) is 4.97. The lowest BCUT2D eigenvalue weighted by atomic mass is 9.83. The zero-order valence-corrected chi connectivity index (χ0v) is 12.8. The van der Waals surface area contributed by atoms with Crippen LogP contribution in [0.3, 0.4) is 0 Å². The van der Waals surface area contributed by atoms with Gasteiger partial charge in [-0.3, -0.25) is 4.90 Å². The van der Waals surface area contributed by atoms with Crippen LogP contribution < -0.4 is 5.73 Å². The molecule has 0 aromatic heterocycles. The zero-order valence-electron chi connectivity index (χ0n) is 12.8. The number of ether oxygens (including phenoxy) is 1. The van der Waals surface area contributed by atoms with Crippen molar-refractivity contribution in [2.75, 3.05) is 26.2 Å². The standard InChI is InChI=1S/C15H30N2O/c1-12-8-13(2,3)9-15(12,10-16)17-6-7-18-14(4,5)11-17/h12H,6-11,16H2,1-5H3. The summed E-state index contributed by atoms with van der Waals surface area (Å²) < 4.78 is 5.85. The fourth-order valence-corrected chi connectivity index (χ4v) is 4.32. The van der Waals surface area contributed by atoms with Crippen molar-refractivity contribution >= 4 is 0 Å². The Morgan fingerprint density at radius 2 is 1.94 bits per heavy atom. The van der Waals surface area contributed by atoms with Crippen LogP contribution in [-0.4, -0.2) is 42.3 Å². The number of nitrogens with zero attached hydrogens (tertiary/aromatic N) is 1. The van der Waals surface area contributed by atoms with Gasteiger partial charge in [-0.2, -0.15) is 0 Å². The molecule has 106 valence electrons. The smallest absolute Gasteiger partial charge is 0.0753 e. The normalized spacial score (nSPS) is 40.0. The third-order valence-electron chi connectivity index (χ3n) is 4.97. The SMILES string of the molecule is CC1CC(C)(C)CC1(CN)N1CCOC(C)(C)C1. The van der Waals surface area contributed by atoms with Crippen molar-refractivity contribution in [1.82, 2.24) is 4.90 Å². The first-order valence-corrected chi connectivity index (χ1v) is 7.30. The summed E-state index contributed by atoms with van der Waals surface area (Å²) in [5.74, 6) is 0.673. The van der Waals surface area contributed by atoms with E-state index in [1.165, 1.54) is 12.8 Å². The molecule has 3 nitrogen and oxygen atoms in total. The van der Waals surface area contributed by atoms with Crippen LogP contribution in [0.5, 0.6) is 0 Å². The van der Waals surface area contributed by atoms with Crippen LogP contribution in [-0.2, 0) is 4.74 Å². The van der Waals surface area contributed by atoms with E-state index in [0.29, 0.717) is 11.3 Å². The first-order valence-electron chi connectivity index (χ1n) is 7.30. The van der Waals surface area contributed by atoms with Gasteiger partial charge < -0.3 is 10.5 Å². The average molecular weight is 254 g/mol. The molecular formula is C15H30N2O. The molecule has 2 atom stereocenters. The molecule has 0 spiro atoms. The molecular weight excluding hydrogens is 224 g/mol. The molecule has 1 saturated carbocycles. The maximum atomic E-state index is 6.22. The van der Waals surface area contributed by atoms with Gasteiger partial charge in [0.25, 0.3) is 0 Å². The van der Waals surface area contributed by atoms with Gasteiger partial charge in [0.05, 0.1) is 12.2 Å². The summed E-state index contributed by atoms with van der Waals surface area (Å²) in [4.78, 5) is 2.62. The summed E-state index contributed by atoms with van der Waals surface area (Å²) in [7, 11) is 0. The molecule has 0 aromatic carbocycles. The molecule has 1 aliphatic heterocycles. The fourth-order valence-electron chi connectivity index (χ4n) is 4.32. The summed E-state index contributed by atoms with van der Waals surface area (Å²) in [6, 6.07) is 0. The maximum Gasteiger partial charge on any atom is 0.0753 e. The molecule has 1 heterocycles. The number of nitrogens with two attached hydrogens (primary N) is 1. The number of hydrogen-bond acceptors (Lipinski definition) is 3. The van der Waals surface area contributed by atoms with Gasteiger partial charge in [-0.05, 0) is 38.0 Å². The predicted molar refractivity (Wildman–Crippen MR) is 75.6 cm³/mol. The first-order chi connectivity index (χ1) is 8.21. The molecule has 0 bridgehead atoms. The molecule has 3 heteroatoms. The summed E-state index contributed by atoms with van der Waals surface area (Å²) in [5.41, 5.74) is 6.79. The van der Waals surface area contributed by atoms with Crippen molar-refractivity contribution in [3.8, 4) is 0 Å². The monoisotopic (exact) mass is 254 g/mol. The van der Waals surface area contributed by atoms with Crippen molar-refractivity contribution in [3.63, 3.8) is 0 Å². The van der Waals surface area contributed by atoms with Crippen LogP contribution >= 0.6 is 0 Å². The van der Waals surface area contributed by atoms with Crippen molar-refractivity contribution in [1.29, 1.82) is 0 Å². The Kier molecular flexibility index (Phi) is 3.54. The Bertz CT molecular complexity index is 314. The molecule has 1 saturated heterocycles. The average Bonchev–Trinajstić information content (AvgIpc) is 2.47. The third kappa shape index (κ3) is 2.45. The Morgan fingerprint density at radius 1 is 1.28 bits per heavy atom. The Balaban J connectivity index is 2.22. The predicted octanol–water partition coefficient (Wildman–Crippen LogP) is 2.25. The minimum atomic E-state index is -0.0348. The van der Waals surface area contributed by atoms with Crippen LogP contribution in [0, 0.1) is 11.3 Å². The fraction of sp³-hybridized carbons (Fsp3) is 1.00. The number of morpholine rings is 1. The van der Waals surface area contributed by atoms with Crippen LogP contribution in [0.25, 0.3) is 0 Å². The molecule has 0 amide bonds. The van der Waals surface area contributed by atoms with Crippen LogP contribution in [0.15, 0.2) is 0 Å². The summed E-state index contributed by atoms with van der Waals surface area (Å²) in [6.07, 6.45) is 2.50. The Morgan fingerprint density at radius 3 is 2.39 bits per heavy atom. The second kappa shape index (κ2) is 4.46. The van der Waals surface area contributed by atoms with Crippen LogP contribution in [0.2, 0.25) is 0 Å². The van der Waals surface area contributed by atoms with E-state index in [-0.39, 0.29) is 11.1 Å². The molecule has 1 aliphatic carbocycles. The second-order valence-electron chi connectivity index (χ2n) is 7.78. The van der Waals surface area contributed by atoms with E-state index in [4.69, 9.17) is 10.5 Å². The summed E-state index contributed by atoms with van der Waals surface area (Å²) >= 11 is 0. The minimum Gasteiger partial charge on any atom is -0.373 e. The van der Waals surface area contributed by atoms with Gasteiger partial charge in [0, 0.05) is 25.2 Å². The number of rotatable bonds is 2. The van der Waals surface area contributed by atoms with Gasteiger partial charge >= 0.3 is 0 Å². The first kappa shape index (κ1) is 14.3.